The molecular weight excluding hydrogens is 270 g/mol. The van der Waals surface area contributed by atoms with Crippen LogP contribution in [0, 0.1) is 0 Å². The normalized spacial score (nSPS) is 14.2. The summed E-state index contributed by atoms with van der Waals surface area (Å²) in [5.74, 6) is -0.0726. The second-order valence-electron chi connectivity index (χ2n) is 5.76. The zero-order valence-corrected chi connectivity index (χ0v) is 12.5. The summed E-state index contributed by atoms with van der Waals surface area (Å²) in [6, 6.07) is 0.380. The van der Waals surface area contributed by atoms with Crippen LogP contribution in [0.15, 0.2) is 0 Å². The van der Waals surface area contributed by atoms with Crippen LogP contribution in [0.3, 0.4) is 0 Å². The van der Waals surface area contributed by atoms with E-state index < -0.39 is 0 Å². The number of nitrogens with one attached hydrogen (secondary N) is 3. The van der Waals surface area contributed by atoms with Crippen molar-refractivity contribution in [2.45, 2.75) is 51.5 Å². The van der Waals surface area contributed by atoms with E-state index in [1.165, 1.54) is 0 Å². The maximum absolute atomic E-state index is 12.0. The quantitative estimate of drug-likeness (QED) is 0.559. The average molecular weight is 293 g/mol. The van der Waals surface area contributed by atoms with Gasteiger partial charge >= 0.3 is 0 Å². The predicted octanol–water partition coefficient (Wildman–Crippen LogP) is 0.904. The molecule has 1 fully saturated rings. The molecule has 0 atom stereocenters. The van der Waals surface area contributed by atoms with Gasteiger partial charge in [-0.3, -0.25) is 14.7 Å². The molecule has 2 amide bonds. The zero-order valence-electron chi connectivity index (χ0n) is 12.5. The average Bonchev–Trinajstić information content (AvgIpc) is 3.14. The molecule has 21 heavy (non-hydrogen) atoms. The highest BCUT2D eigenvalue weighted by atomic mass is 16.2. The van der Waals surface area contributed by atoms with Crippen LogP contribution < -0.4 is 16.4 Å². The van der Waals surface area contributed by atoms with Gasteiger partial charge in [0.05, 0.1) is 11.4 Å². The van der Waals surface area contributed by atoms with Crippen molar-refractivity contribution in [1.29, 1.82) is 0 Å². The van der Waals surface area contributed by atoms with Crippen LogP contribution in [0.25, 0.3) is 0 Å². The van der Waals surface area contributed by atoms with Crippen molar-refractivity contribution in [1.82, 2.24) is 20.8 Å². The van der Waals surface area contributed by atoms with Crippen molar-refractivity contribution in [2.75, 3.05) is 12.3 Å². The van der Waals surface area contributed by atoms with Gasteiger partial charge in [0, 0.05) is 19.0 Å². The number of nitrogen functional groups attached to an aromatic ring is 1. The Labute approximate surface area is 124 Å². The molecule has 7 heteroatoms. The van der Waals surface area contributed by atoms with Gasteiger partial charge in [-0.1, -0.05) is 13.8 Å². The molecule has 0 spiro atoms. The number of nitrogens with two attached hydrogens (primary N) is 1. The Morgan fingerprint density at radius 2 is 2.14 bits per heavy atom. The third-order valence-electron chi connectivity index (χ3n) is 3.43. The van der Waals surface area contributed by atoms with Crippen LogP contribution in [0.1, 0.15) is 61.6 Å². The third kappa shape index (κ3) is 4.21. The van der Waals surface area contributed by atoms with Gasteiger partial charge in [-0.15, -0.1) is 0 Å². The number of hydrogen-bond acceptors (Lipinski definition) is 4. The highest BCUT2D eigenvalue weighted by molar-refractivity contribution is 5.97. The Morgan fingerprint density at radius 3 is 2.71 bits per heavy atom. The van der Waals surface area contributed by atoms with E-state index in [0.29, 0.717) is 31.1 Å². The molecule has 1 aromatic rings. The van der Waals surface area contributed by atoms with Gasteiger partial charge < -0.3 is 16.4 Å². The maximum atomic E-state index is 12.0. The Hall–Kier alpha value is -2.05. The lowest BCUT2D eigenvalue weighted by Crippen LogP contribution is -2.29. The lowest BCUT2D eigenvalue weighted by Gasteiger charge is -2.05. The van der Waals surface area contributed by atoms with Crippen LogP contribution >= 0.6 is 0 Å². The van der Waals surface area contributed by atoms with E-state index in [9.17, 15) is 9.59 Å². The lowest BCUT2D eigenvalue weighted by atomic mass is 10.1. The van der Waals surface area contributed by atoms with Crippen LogP contribution in [-0.4, -0.2) is 34.6 Å². The van der Waals surface area contributed by atoms with Gasteiger partial charge in [-0.2, -0.15) is 5.10 Å². The first kappa shape index (κ1) is 15.3. The van der Waals surface area contributed by atoms with E-state index in [1.54, 1.807) is 0 Å². The van der Waals surface area contributed by atoms with Crippen molar-refractivity contribution in [3.8, 4) is 0 Å². The number of H-pyrrole nitrogens is 1. The van der Waals surface area contributed by atoms with E-state index in [0.717, 1.165) is 18.5 Å². The lowest BCUT2D eigenvalue weighted by molar-refractivity contribution is -0.121. The Balaban J connectivity index is 1.72. The summed E-state index contributed by atoms with van der Waals surface area (Å²) in [6.45, 7) is 4.38. The summed E-state index contributed by atoms with van der Waals surface area (Å²) in [6.07, 6.45) is 3.19. The molecule has 1 aromatic heterocycles. The number of carbonyl (C=O) groups excluding carboxylic acids is 2. The van der Waals surface area contributed by atoms with E-state index in [-0.39, 0.29) is 23.4 Å². The van der Waals surface area contributed by atoms with Crippen molar-refractivity contribution < 1.29 is 9.59 Å². The number of carbonyl (C=O) groups is 2. The third-order valence-corrected chi connectivity index (χ3v) is 3.43. The minimum atomic E-state index is -0.307. The van der Waals surface area contributed by atoms with Crippen LogP contribution in [0.2, 0.25) is 0 Å². The summed E-state index contributed by atoms with van der Waals surface area (Å²) < 4.78 is 0. The number of aromatic amines is 1. The minimum Gasteiger partial charge on any atom is -0.395 e. The second kappa shape index (κ2) is 6.60. The first-order valence-electron chi connectivity index (χ1n) is 7.40. The fraction of sp³-hybridized carbons (Fsp3) is 0.643. The van der Waals surface area contributed by atoms with Gasteiger partial charge in [0.2, 0.25) is 5.91 Å². The van der Waals surface area contributed by atoms with Crippen LogP contribution in [0.4, 0.5) is 5.69 Å². The highest BCUT2D eigenvalue weighted by Gasteiger charge is 2.23. The van der Waals surface area contributed by atoms with E-state index in [1.807, 2.05) is 13.8 Å². The molecule has 0 aliphatic heterocycles. The standard InChI is InChI=1S/C14H23N5O2/c1-8(2)12-11(15)13(19-18-12)14(21)16-7-3-4-10(20)17-9-5-6-9/h8-9H,3-7,15H2,1-2H3,(H,16,21)(H,17,20)(H,18,19). The van der Waals surface area contributed by atoms with Crippen molar-refractivity contribution in [2.24, 2.45) is 0 Å². The molecule has 1 heterocycles. The molecule has 1 aliphatic carbocycles. The summed E-state index contributed by atoms with van der Waals surface area (Å²) in [5, 5.41) is 12.4. The molecule has 116 valence electrons. The van der Waals surface area contributed by atoms with Crippen molar-refractivity contribution in [3.05, 3.63) is 11.4 Å². The molecule has 1 saturated carbocycles. The number of hydrogen-bond donors (Lipinski definition) is 4. The first-order chi connectivity index (χ1) is 9.99. The van der Waals surface area contributed by atoms with Gasteiger partial charge in [-0.05, 0) is 25.2 Å². The molecule has 0 saturated heterocycles. The maximum Gasteiger partial charge on any atom is 0.273 e. The van der Waals surface area contributed by atoms with E-state index in [2.05, 4.69) is 20.8 Å². The zero-order chi connectivity index (χ0) is 15.4. The molecule has 5 N–H and O–H groups in total. The molecule has 7 nitrogen and oxygen atoms in total. The van der Waals surface area contributed by atoms with Gasteiger partial charge in [-0.25, -0.2) is 0 Å². The Morgan fingerprint density at radius 1 is 1.43 bits per heavy atom. The van der Waals surface area contributed by atoms with E-state index in [4.69, 9.17) is 5.73 Å². The highest BCUT2D eigenvalue weighted by Crippen LogP contribution is 2.21. The Kier molecular flexibility index (Phi) is 4.82. The Bertz CT molecular complexity index is 519. The summed E-state index contributed by atoms with van der Waals surface area (Å²) >= 11 is 0. The number of nitrogens with zero attached hydrogens (tertiary/aromatic N) is 1. The fourth-order valence-electron chi connectivity index (χ4n) is 2.04. The summed E-state index contributed by atoms with van der Waals surface area (Å²) in [5.41, 5.74) is 7.29. The predicted molar refractivity (Wildman–Crippen MR) is 79.8 cm³/mol. The van der Waals surface area contributed by atoms with E-state index >= 15 is 0 Å². The summed E-state index contributed by atoms with van der Waals surface area (Å²) in [4.78, 5) is 23.4. The fourth-order valence-corrected chi connectivity index (χ4v) is 2.04. The van der Waals surface area contributed by atoms with Gasteiger partial charge in [0.15, 0.2) is 5.69 Å². The van der Waals surface area contributed by atoms with Crippen molar-refractivity contribution >= 4 is 17.5 Å². The molecular formula is C14H23N5O2. The monoisotopic (exact) mass is 293 g/mol. The number of aromatic nitrogens is 2. The molecule has 0 bridgehead atoms. The molecule has 0 unspecified atom stereocenters. The minimum absolute atomic E-state index is 0.0492. The number of rotatable bonds is 7. The second-order valence-corrected chi connectivity index (χ2v) is 5.76. The van der Waals surface area contributed by atoms with Crippen molar-refractivity contribution in [3.63, 3.8) is 0 Å². The molecule has 0 aromatic carbocycles. The van der Waals surface area contributed by atoms with Gasteiger partial charge in [0.25, 0.3) is 5.91 Å². The summed E-state index contributed by atoms with van der Waals surface area (Å²) in [7, 11) is 0. The largest absolute Gasteiger partial charge is 0.395 e. The molecule has 1 aliphatic rings. The van der Waals surface area contributed by atoms with Crippen LogP contribution in [-0.2, 0) is 4.79 Å². The SMILES string of the molecule is CC(C)c1[nH]nc(C(=O)NCCCC(=O)NC2CC2)c1N. The number of amides is 2. The smallest absolute Gasteiger partial charge is 0.273 e. The van der Waals surface area contributed by atoms with Gasteiger partial charge in [0.1, 0.15) is 0 Å². The first-order valence-corrected chi connectivity index (χ1v) is 7.40. The molecule has 2 rings (SSSR count). The number of anilines is 1. The molecule has 0 radical (unpaired) electrons. The van der Waals surface area contributed by atoms with Crippen LogP contribution in [0.5, 0.6) is 0 Å². The topological polar surface area (TPSA) is 113 Å².